The summed E-state index contributed by atoms with van der Waals surface area (Å²) in [7, 11) is -6.95. The van der Waals surface area contributed by atoms with Crippen LogP contribution in [-0.2, 0) is 9.84 Å². The van der Waals surface area contributed by atoms with Gasteiger partial charge in [0, 0.05) is 23.5 Å². The van der Waals surface area contributed by atoms with Crippen molar-refractivity contribution in [2.24, 2.45) is 0 Å². The molecule has 5 nitrogen and oxygen atoms in total. The zero-order valence-electron chi connectivity index (χ0n) is 13.7. The van der Waals surface area contributed by atoms with E-state index < -0.39 is 25.7 Å². The van der Waals surface area contributed by atoms with Gasteiger partial charge in [0.1, 0.15) is 5.25 Å². The SMILES string of the molecule is O=S(=O)(c1ccccc1)C1CS(O)(O)c2cccc(-c3cccnc3)c21. The standard InChI is InChI=1S/C19H17NO4S2/c21-25(22)13-18(26(23,24)15-7-2-1-3-8-15)19-16(9-4-10-17(19)25)14-6-5-11-20-12-14/h1-12,18,21-22H,13H2. The van der Waals surface area contributed by atoms with E-state index in [1.807, 2.05) is 6.07 Å². The first-order valence-electron chi connectivity index (χ1n) is 7.99. The third-order valence-electron chi connectivity index (χ3n) is 4.54. The van der Waals surface area contributed by atoms with E-state index in [0.717, 1.165) is 5.56 Å². The summed E-state index contributed by atoms with van der Waals surface area (Å²) in [6.45, 7) is 0. The number of sulfone groups is 1. The van der Waals surface area contributed by atoms with Crippen LogP contribution >= 0.6 is 10.6 Å². The first kappa shape index (κ1) is 17.2. The fourth-order valence-electron chi connectivity index (χ4n) is 3.34. The number of hydrogen-bond acceptors (Lipinski definition) is 5. The van der Waals surface area contributed by atoms with Crippen molar-refractivity contribution in [3.63, 3.8) is 0 Å². The second kappa shape index (κ2) is 6.21. The summed E-state index contributed by atoms with van der Waals surface area (Å²) in [5, 5.41) is -1.01. The smallest absolute Gasteiger partial charge is 0.187 e. The molecule has 3 aromatic rings. The number of hydrogen-bond donors (Lipinski definition) is 2. The first-order valence-corrected chi connectivity index (χ1v) is 11.3. The molecular formula is C19H17NO4S2. The van der Waals surface area contributed by atoms with E-state index in [0.29, 0.717) is 16.0 Å². The molecule has 2 heterocycles. The summed E-state index contributed by atoms with van der Waals surface area (Å²) in [5.74, 6) is -0.225. The van der Waals surface area contributed by atoms with Crippen LogP contribution in [0.25, 0.3) is 11.1 Å². The van der Waals surface area contributed by atoms with Crippen LogP contribution in [0, 0.1) is 0 Å². The third kappa shape index (κ3) is 2.73. The summed E-state index contributed by atoms with van der Waals surface area (Å²) in [6.07, 6.45) is 3.28. The molecule has 0 bridgehead atoms. The predicted molar refractivity (Wildman–Crippen MR) is 102 cm³/mol. The van der Waals surface area contributed by atoms with Crippen molar-refractivity contribution in [3.8, 4) is 11.1 Å². The summed E-state index contributed by atoms with van der Waals surface area (Å²) in [6, 6.07) is 16.8. The number of fused-ring (bicyclic) bond motifs is 1. The molecule has 0 spiro atoms. The van der Waals surface area contributed by atoms with Gasteiger partial charge in [-0.05, 0) is 29.8 Å². The van der Waals surface area contributed by atoms with Crippen LogP contribution < -0.4 is 0 Å². The van der Waals surface area contributed by atoms with E-state index in [2.05, 4.69) is 4.98 Å². The number of rotatable bonds is 3. The Morgan fingerprint density at radius 3 is 2.42 bits per heavy atom. The van der Waals surface area contributed by atoms with Crippen LogP contribution in [0.5, 0.6) is 0 Å². The second-order valence-electron chi connectivity index (χ2n) is 6.14. The van der Waals surface area contributed by atoms with Crippen LogP contribution in [0.4, 0.5) is 0 Å². The molecule has 1 aliphatic heterocycles. The lowest BCUT2D eigenvalue weighted by Crippen LogP contribution is -2.15. The zero-order chi connectivity index (χ0) is 18.4. The van der Waals surface area contributed by atoms with Crippen LogP contribution in [0.3, 0.4) is 0 Å². The Morgan fingerprint density at radius 2 is 1.73 bits per heavy atom. The molecule has 0 radical (unpaired) electrons. The van der Waals surface area contributed by atoms with Gasteiger partial charge in [0.25, 0.3) is 0 Å². The predicted octanol–water partition coefficient (Wildman–Crippen LogP) is 4.39. The molecular weight excluding hydrogens is 370 g/mol. The Kier molecular flexibility index (Phi) is 4.11. The second-order valence-corrected chi connectivity index (χ2v) is 10.4. The van der Waals surface area contributed by atoms with Crippen molar-refractivity contribution < 1.29 is 17.5 Å². The number of nitrogens with zero attached hydrogens (tertiary/aromatic N) is 1. The lowest BCUT2D eigenvalue weighted by Gasteiger charge is -2.27. The van der Waals surface area contributed by atoms with Crippen molar-refractivity contribution in [2.75, 3.05) is 5.75 Å². The molecule has 7 heteroatoms. The van der Waals surface area contributed by atoms with Crippen molar-refractivity contribution >= 4 is 20.4 Å². The Morgan fingerprint density at radius 1 is 0.962 bits per heavy atom. The van der Waals surface area contributed by atoms with Gasteiger partial charge in [-0.3, -0.25) is 14.1 Å². The molecule has 134 valence electrons. The van der Waals surface area contributed by atoms with E-state index in [-0.39, 0.29) is 10.6 Å². The molecule has 0 saturated heterocycles. The molecule has 2 N–H and O–H groups in total. The van der Waals surface area contributed by atoms with Crippen LogP contribution in [0.2, 0.25) is 0 Å². The van der Waals surface area contributed by atoms with Gasteiger partial charge < -0.3 is 0 Å². The molecule has 2 aromatic carbocycles. The highest BCUT2D eigenvalue weighted by atomic mass is 32.3. The number of benzene rings is 2. The van der Waals surface area contributed by atoms with Crippen molar-refractivity contribution in [3.05, 3.63) is 78.6 Å². The van der Waals surface area contributed by atoms with Gasteiger partial charge in [0.2, 0.25) is 0 Å². The Labute approximate surface area is 153 Å². The lowest BCUT2D eigenvalue weighted by molar-refractivity contribution is 0.491. The maximum atomic E-state index is 13.2. The normalized spacial score (nSPS) is 19.7. The number of aromatic nitrogens is 1. The highest BCUT2D eigenvalue weighted by Gasteiger charge is 2.44. The molecule has 1 atom stereocenters. The third-order valence-corrected chi connectivity index (χ3v) is 8.69. The van der Waals surface area contributed by atoms with E-state index in [4.69, 9.17) is 0 Å². The summed E-state index contributed by atoms with van der Waals surface area (Å²) < 4.78 is 47.6. The fourth-order valence-corrected chi connectivity index (χ4v) is 7.80. The molecule has 0 saturated carbocycles. The van der Waals surface area contributed by atoms with E-state index in [1.54, 1.807) is 54.9 Å². The van der Waals surface area contributed by atoms with Gasteiger partial charge in [0.15, 0.2) is 9.84 Å². The van der Waals surface area contributed by atoms with Crippen molar-refractivity contribution in [1.29, 1.82) is 0 Å². The van der Waals surface area contributed by atoms with Crippen LogP contribution in [0.1, 0.15) is 10.8 Å². The average molecular weight is 387 g/mol. The molecule has 0 fully saturated rings. The molecule has 1 aliphatic rings. The minimum Gasteiger partial charge on any atom is -0.295 e. The zero-order valence-corrected chi connectivity index (χ0v) is 15.3. The Bertz CT molecular complexity index is 1050. The largest absolute Gasteiger partial charge is 0.295 e. The fraction of sp³-hybridized carbons (Fsp3) is 0.105. The quantitative estimate of drug-likeness (QED) is 0.696. The minimum absolute atomic E-state index is 0.175. The van der Waals surface area contributed by atoms with E-state index >= 15 is 0 Å². The van der Waals surface area contributed by atoms with Gasteiger partial charge in [-0.1, -0.05) is 36.4 Å². The Balaban J connectivity index is 1.96. The lowest BCUT2D eigenvalue weighted by atomic mass is 9.99. The highest BCUT2D eigenvalue weighted by Crippen LogP contribution is 2.63. The maximum Gasteiger partial charge on any atom is 0.187 e. The minimum atomic E-state index is -3.77. The highest BCUT2D eigenvalue weighted by molar-refractivity contribution is 8.25. The molecule has 1 aromatic heterocycles. The van der Waals surface area contributed by atoms with Gasteiger partial charge >= 0.3 is 0 Å². The summed E-state index contributed by atoms with van der Waals surface area (Å²) in [4.78, 5) is 4.58. The molecule has 26 heavy (non-hydrogen) atoms. The van der Waals surface area contributed by atoms with Crippen LogP contribution in [-0.4, -0.2) is 28.3 Å². The molecule has 1 unspecified atom stereocenters. The van der Waals surface area contributed by atoms with E-state index in [1.165, 1.54) is 12.1 Å². The van der Waals surface area contributed by atoms with Crippen LogP contribution in [0.15, 0.2) is 82.8 Å². The van der Waals surface area contributed by atoms with Gasteiger partial charge in [0.05, 0.1) is 15.5 Å². The topological polar surface area (TPSA) is 87.5 Å². The monoisotopic (exact) mass is 387 g/mol. The first-order chi connectivity index (χ1) is 12.4. The van der Waals surface area contributed by atoms with Crippen molar-refractivity contribution in [1.82, 2.24) is 4.98 Å². The van der Waals surface area contributed by atoms with Gasteiger partial charge in [-0.15, -0.1) is 0 Å². The molecule has 0 aliphatic carbocycles. The Hall–Kier alpha value is -2.19. The summed E-state index contributed by atoms with van der Waals surface area (Å²) in [5.41, 5.74) is 1.87. The van der Waals surface area contributed by atoms with Crippen molar-refractivity contribution in [2.45, 2.75) is 15.0 Å². The maximum absolute atomic E-state index is 13.2. The van der Waals surface area contributed by atoms with Gasteiger partial charge in [-0.2, -0.15) is 10.6 Å². The average Bonchev–Trinajstić information content (AvgIpc) is 2.95. The number of pyridine rings is 1. The van der Waals surface area contributed by atoms with Gasteiger partial charge in [-0.25, -0.2) is 8.42 Å². The van der Waals surface area contributed by atoms with E-state index in [9.17, 15) is 17.5 Å². The molecule has 0 amide bonds. The summed E-state index contributed by atoms with van der Waals surface area (Å²) >= 11 is 0. The molecule has 4 rings (SSSR count).